The first kappa shape index (κ1) is 14.7. The van der Waals surface area contributed by atoms with Crippen LogP contribution in [0.15, 0.2) is 24.3 Å². The van der Waals surface area contributed by atoms with Crippen molar-refractivity contribution in [2.75, 3.05) is 18.4 Å². The molecule has 0 bridgehead atoms. The lowest BCUT2D eigenvalue weighted by Crippen LogP contribution is -2.28. The van der Waals surface area contributed by atoms with Gasteiger partial charge in [0.2, 0.25) is 5.91 Å². The van der Waals surface area contributed by atoms with E-state index < -0.39 is 0 Å². The van der Waals surface area contributed by atoms with Crippen molar-refractivity contribution in [1.29, 1.82) is 0 Å². The molecule has 0 heterocycles. The highest BCUT2D eigenvalue weighted by Gasteiger charge is 2.01. The van der Waals surface area contributed by atoms with Crippen LogP contribution in [-0.4, -0.2) is 19.0 Å². The lowest BCUT2D eigenvalue weighted by atomic mass is 10.1. The summed E-state index contributed by atoms with van der Waals surface area (Å²) in [5.74, 6) is 0.747. The third kappa shape index (κ3) is 6.40. The predicted molar refractivity (Wildman–Crippen MR) is 76.8 cm³/mol. The van der Waals surface area contributed by atoms with Crippen LogP contribution < -0.4 is 10.6 Å². The lowest BCUT2D eigenvalue weighted by molar-refractivity contribution is -0.115. The molecule has 0 radical (unpaired) electrons. The standard InChI is InChI=1S/C15H24N2O/c1-12(2)5-4-10-16-11-15(18)17-14-8-6-13(3)7-9-14/h6-9,12,16H,4-5,10-11H2,1-3H3,(H,17,18). The van der Waals surface area contributed by atoms with E-state index in [1.54, 1.807) is 0 Å². The smallest absolute Gasteiger partial charge is 0.238 e. The number of amides is 1. The van der Waals surface area contributed by atoms with E-state index in [1.807, 2.05) is 31.2 Å². The highest BCUT2D eigenvalue weighted by Crippen LogP contribution is 2.08. The lowest BCUT2D eigenvalue weighted by Gasteiger charge is -2.08. The van der Waals surface area contributed by atoms with Gasteiger partial charge in [-0.15, -0.1) is 0 Å². The van der Waals surface area contributed by atoms with Crippen LogP contribution in [0.1, 0.15) is 32.3 Å². The number of carbonyl (C=O) groups is 1. The first-order valence-electron chi connectivity index (χ1n) is 6.65. The van der Waals surface area contributed by atoms with E-state index in [0.717, 1.165) is 24.6 Å². The highest BCUT2D eigenvalue weighted by atomic mass is 16.1. The number of carbonyl (C=O) groups excluding carboxylic acids is 1. The molecule has 0 aliphatic rings. The van der Waals surface area contributed by atoms with Gasteiger partial charge in [-0.2, -0.15) is 0 Å². The van der Waals surface area contributed by atoms with E-state index in [-0.39, 0.29) is 5.91 Å². The Kier molecular flexibility index (Phi) is 6.44. The van der Waals surface area contributed by atoms with Crippen molar-refractivity contribution in [3.8, 4) is 0 Å². The SMILES string of the molecule is Cc1ccc(NC(=O)CNCCCC(C)C)cc1. The molecule has 0 spiro atoms. The maximum atomic E-state index is 11.6. The summed E-state index contributed by atoms with van der Waals surface area (Å²) >= 11 is 0. The molecule has 100 valence electrons. The summed E-state index contributed by atoms with van der Waals surface area (Å²) in [5.41, 5.74) is 2.05. The van der Waals surface area contributed by atoms with Crippen LogP contribution in [0.4, 0.5) is 5.69 Å². The molecule has 0 aliphatic carbocycles. The molecule has 0 saturated heterocycles. The van der Waals surface area contributed by atoms with Crippen molar-refractivity contribution in [2.45, 2.75) is 33.6 Å². The zero-order chi connectivity index (χ0) is 13.4. The van der Waals surface area contributed by atoms with Crippen molar-refractivity contribution < 1.29 is 4.79 Å². The van der Waals surface area contributed by atoms with Crippen molar-refractivity contribution in [2.24, 2.45) is 5.92 Å². The van der Waals surface area contributed by atoms with Gasteiger partial charge in [-0.1, -0.05) is 31.5 Å². The molecular formula is C15H24N2O. The van der Waals surface area contributed by atoms with Gasteiger partial charge in [0.05, 0.1) is 6.54 Å². The molecule has 0 aliphatic heterocycles. The summed E-state index contributed by atoms with van der Waals surface area (Å²) < 4.78 is 0. The van der Waals surface area contributed by atoms with Crippen molar-refractivity contribution in [3.05, 3.63) is 29.8 Å². The Morgan fingerprint density at radius 1 is 1.22 bits per heavy atom. The summed E-state index contributed by atoms with van der Waals surface area (Å²) in [6.07, 6.45) is 2.32. The maximum absolute atomic E-state index is 11.6. The number of hydrogen-bond acceptors (Lipinski definition) is 2. The van der Waals surface area contributed by atoms with Crippen molar-refractivity contribution in [1.82, 2.24) is 5.32 Å². The Hall–Kier alpha value is -1.35. The fraction of sp³-hybridized carbons (Fsp3) is 0.533. The van der Waals surface area contributed by atoms with Crippen LogP contribution in [-0.2, 0) is 4.79 Å². The van der Waals surface area contributed by atoms with Gasteiger partial charge in [0.1, 0.15) is 0 Å². The molecule has 2 N–H and O–H groups in total. The predicted octanol–water partition coefficient (Wildman–Crippen LogP) is 2.96. The fourth-order valence-corrected chi connectivity index (χ4v) is 1.68. The zero-order valence-corrected chi connectivity index (χ0v) is 11.6. The summed E-state index contributed by atoms with van der Waals surface area (Å²) in [6, 6.07) is 7.83. The molecule has 0 atom stereocenters. The molecule has 0 fully saturated rings. The van der Waals surface area contributed by atoms with E-state index in [0.29, 0.717) is 6.54 Å². The number of aryl methyl sites for hydroxylation is 1. The summed E-state index contributed by atoms with van der Waals surface area (Å²) in [5, 5.41) is 6.03. The Morgan fingerprint density at radius 2 is 1.89 bits per heavy atom. The summed E-state index contributed by atoms with van der Waals surface area (Å²) in [7, 11) is 0. The van der Waals surface area contributed by atoms with Gasteiger partial charge in [0, 0.05) is 5.69 Å². The maximum Gasteiger partial charge on any atom is 0.238 e. The molecule has 1 aromatic carbocycles. The van der Waals surface area contributed by atoms with Crippen molar-refractivity contribution in [3.63, 3.8) is 0 Å². The van der Waals surface area contributed by atoms with Crippen molar-refractivity contribution >= 4 is 11.6 Å². The van der Waals surface area contributed by atoms with Gasteiger partial charge >= 0.3 is 0 Å². The molecule has 1 amide bonds. The quantitative estimate of drug-likeness (QED) is 0.728. The fourth-order valence-electron chi connectivity index (χ4n) is 1.68. The minimum absolute atomic E-state index is 0.0170. The van der Waals surface area contributed by atoms with E-state index in [9.17, 15) is 4.79 Å². The third-order valence-corrected chi connectivity index (χ3v) is 2.76. The van der Waals surface area contributed by atoms with E-state index in [1.165, 1.54) is 12.0 Å². The minimum Gasteiger partial charge on any atom is -0.325 e. The summed E-state index contributed by atoms with van der Waals surface area (Å²) in [4.78, 5) is 11.6. The number of rotatable bonds is 7. The Balaban J connectivity index is 2.16. The number of benzene rings is 1. The van der Waals surface area contributed by atoms with E-state index in [2.05, 4.69) is 24.5 Å². The largest absolute Gasteiger partial charge is 0.325 e. The second kappa shape index (κ2) is 7.88. The Labute approximate surface area is 110 Å². The minimum atomic E-state index is 0.0170. The second-order valence-electron chi connectivity index (χ2n) is 5.13. The van der Waals surface area contributed by atoms with Crippen LogP contribution in [0, 0.1) is 12.8 Å². The average molecular weight is 248 g/mol. The van der Waals surface area contributed by atoms with Gasteiger partial charge < -0.3 is 10.6 Å². The molecule has 0 unspecified atom stereocenters. The number of anilines is 1. The molecular weight excluding hydrogens is 224 g/mol. The van der Waals surface area contributed by atoms with Gasteiger partial charge in [-0.25, -0.2) is 0 Å². The molecule has 3 heteroatoms. The van der Waals surface area contributed by atoms with E-state index >= 15 is 0 Å². The molecule has 3 nitrogen and oxygen atoms in total. The van der Waals surface area contributed by atoms with E-state index in [4.69, 9.17) is 0 Å². The monoisotopic (exact) mass is 248 g/mol. The van der Waals surface area contributed by atoms with Gasteiger partial charge in [-0.05, 0) is 44.4 Å². The van der Waals surface area contributed by atoms with Crippen LogP contribution in [0.2, 0.25) is 0 Å². The van der Waals surface area contributed by atoms with Crippen LogP contribution in [0.25, 0.3) is 0 Å². The first-order valence-corrected chi connectivity index (χ1v) is 6.65. The Bertz CT molecular complexity index is 357. The average Bonchev–Trinajstić information content (AvgIpc) is 2.31. The third-order valence-electron chi connectivity index (χ3n) is 2.76. The molecule has 1 rings (SSSR count). The number of nitrogens with one attached hydrogen (secondary N) is 2. The second-order valence-corrected chi connectivity index (χ2v) is 5.13. The molecule has 0 saturated carbocycles. The topological polar surface area (TPSA) is 41.1 Å². The van der Waals surface area contributed by atoms with Gasteiger partial charge in [0.25, 0.3) is 0 Å². The van der Waals surface area contributed by atoms with Gasteiger partial charge in [-0.3, -0.25) is 4.79 Å². The van der Waals surface area contributed by atoms with Crippen LogP contribution in [0.5, 0.6) is 0 Å². The number of hydrogen-bond donors (Lipinski definition) is 2. The highest BCUT2D eigenvalue weighted by molar-refractivity contribution is 5.92. The summed E-state index contributed by atoms with van der Waals surface area (Å²) in [6.45, 7) is 7.74. The van der Waals surface area contributed by atoms with Crippen LogP contribution in [0.3, 0.4) is 0 Å². The van der Waals surface area contributed by atoms with Crippen LogP contribution >= 0.6 is 0 Å². The Morgan fingerprint density at radius 3 is 2.50 bits per heavy atom. The molecule has 0 aromatic heterocycles. The first-order chi connectivity index (χ1) is 8.58. The molecule has 1 aromatic rings. The normalized spacial score (nSPS) is 10.7. The molecule has 18 heavy (non-hydrogen) atoms. The van der Waals surface area contributed by atoms with Gasteiger partial charge in [0.15, 0.2) is 0 Å². The zero-order valence-electron chi connectivity index (χ0n) is 11.6.